The molecule has 0 aliphatic heterocycles. The predicted octanol–water partition coefficient (Wildman–Crippen LogP) is 5.40. The van der Waals surface area contributed by atoms with Crippen LogP contribution in [0.4, 0.5) is 10.5 Å². The minimum atomic E-state index is -0.485. The number of hydroxylamine groups is 1. The topological polar surface area (TPSA) is 84.0 Å². The van der Waals surface area contributed by atoms with E-state index in [-0.39, 0.29) is 5.96 Å². The number of hydrogen-bond donors (Lipinski definition) is 3. The molecule has 29 heavy (non-hydrogen) atoms. The maximum atomic E-state index is 12.0. The molecule has 3 N–H and O–H groups in total. The van der Waals surface area contributed by atoms with E-state index in [2.05, 4.69) is 21.1 Å². The van der Waals surface area contributed by atoms with Crippen LogP contribution in [0.25, 0.3) is 0 Å². The number of ether oxygens (including phenoxy) is 1. The lowest BCUT2D eigenvalue weighted by Crippen LogP contribution is -2.43. The molecule has 0 heterocycles. The van der Waals surface area contributed by atoms with Crippen LogP contribution < -0.4 is 20.9 Å². The third-order valence-electron chi connectivity index (χ3n) is 3.35. The third-order valence-corrected chi connectivity index (χ3v) is 4.62. The Morgan fingerprint density at radius 1 is 1.00 bits per heavy atom. The summed E-state index contributed by atoms with van der Waals surface area (Å²) in [7, 11) is 1.50. The molecule has 2 amide bonds. The van der Waals surface area contributed by atoms with E-state index in [0.717, 1.165) is 0 Å². The molecule has 2 rings (SSSR count). The first-order chi connectivity index (χ1) is 13.9. The lowest BCUT2D eigenvalue weighted by Gasteiger charge is -2.12. The average Bonchev–Trinajstić information content (AvgIpc) is 2.69. The van der Waals surface area contributed by atoms with Gasteiger partial charge in [0.05, 0.1) is 28.3 Å². The Morgan fingerprint density at radius 2 is 1.69 bits per heavy atom. The zero-order chi connectivity index (χ0) is 21.2. The molecular weight excluding hydrogens is 462 g/mol. The van der Waals surface area contributed by atoms with Gasteiger partial charge >= 0.3 is 6.03 Å². The van der Waals surface area contributed by atoms with Crippen LogP contribution in [-0.2, 0) is 4.84 Å². The number of rotatable bonds is 7. The molecule has 0 unspecified atom stereocenters. The number of anilines is 1. The summed E-state index contributed by atoms with van der Waals surface area (Å²) in [6, 6.07) is 9.27. The van der Waals surface area contributed by atoms with Gasteiger partial charge in [0.2, 0.25) is 5.96 Å². The smallest absolute Gasteiger partial charge is 0.326 e. The van der Waals surface area contributed by atoms with E-state index >= 15 is 0 Å². The lowest BCUT2D eigenvalue weighted by molar-refractivity contribution is 0.0727. The van der Waals surface area contributed by atoms with E-state index in [1.54, 1.807) is 30.3 Å². The number of urea groups is 1. The second kappa shape index (κ2) is 11.9. The SMILES string of the molecule is CN=C(NOCCCOc1cc(Cl)c(Cl)cc1Cl)NC(=O)Nc1ccc(Cl)cc1. The Morgan fingerprint density at radius 3 is 2.38 bits per heavy atom. The number of nitrogens with one attached hydrogen (secondary N) is 3. The zero-order valence-electron chi connectivity index (χ0n) is 15.3. The van der Waals surface area contributed by atoms with Gasteiger partial charge in [0.25, 0.3) is 0 Å². The first-order valence-electron chi connectivity index (χ1n) is 8.34. The summed E-state index contributed by atoms with van der Waals surface area (Å²) in [5, 5.41) is 6.82. The van der Waals surface area contributed by atoms with Gasteiger partial charge in [0.1, 0.15) is 5.75 Å². The number of carbonyl (C=O) groups is 1. The van der Waals surface area contributed by atoms with E-state index in [1.807, 2.05) is 0 Å². The Bertz CT molecular complexity index is 863. The van der Waals surface area contributed by atoms with Gasteiger partial charge in [-0.3, -0.25) is 15.1 Å². The van der Waals surface area contributed by atoms with Crippen molar-refractivity contribution in [2.45, 2.75) is 6.42 Å². The molecule has 2 aromatic rings. The number of benzene rings is 2. The van der Waals surface area contributed by atoms with Gasteiger partial charge in [0.15, 0.2) is 0 Å². The standard InChI is InChI=1S/C18H18Cl4N4O3/c1-23-17(25-18(27)24-12-5-3-11(19)4-6-12)26-29-8-2-7-28-16-10-14(21)13(20)9-15(16)22/h3-6,9-10H,2,7-8H2,1H3,(H3,23,24,25,26,27). The normalized spacial score (nSPS) is 11.1. The van der Waals surface area contributed by atoms with Crippen molar-refractivity contribution in [3.05, 3.63) is 56.5 Å². The number of carbonyl (C=O) groups excluding carboxylic acids is 1. The van der Waals surface area contributed by atoms with Crippen LogP contribution in [0.15, 0.2) is 41.4 Å². The fourth-order valence-electron chi connectivity index (χ4n) is 1.98. The first-order valence-corrected chi connectivity index (χ1v) is 9.85. The summed E-state index contributed by atoms with van der Waals surface area (Å²) < 4.78 is 5.54. The van der Waals surface area contributed by atoms with Crippen molar-refractivity contribution in [2.24, 2.45) is 4.99 Å². The quantitative estimate of drug-likeness (QED) is 0.163. The molecular formula is C18H18Cl4N4O3. The van der Waals surface area contributed by atoms with Crippen LogP contribution in [0.5, 0.6) is 5.75 Å². The third kappa shape index (κ3) is 8.16. The number of aliphatic imine (C=N–C) groups is 1. The van der Waals surface area contributed by atoms with E-state index in [1.165, 1.54) is 13.1 Å². The Hall–Kier alpha value is -1.90. The maximum absolute atomic E-state index is 12.0. The van der Waals surface area contributed by atoms with Gasteiger partial charge in [-0.05, 0) is 30.3 Å². The molecule has 0 radical (unpaired) electrons. The van der Waals surface area contributed by atoms with Crippen molar-refractivity contribution in [3.8, 4) is 5.75 Å². The monoisotopic (exact) mass is 478 g/mol. The van der Waals surface area contributed by atoms with Gasteiger partial charge in [-0.1, -0.05) is 46.4 Å². The number of hydrogen-bond acceptors (Lipinski definition) is 4. The molecule has 11 heteroatoms. The van der Waals surface area contributed by atoms with Crippen molar-refractivity contribution >= 4 is 64.1 Å². The van der Waals surface area contributed by atoms with Gasteiger partial charge < -0.3 is 10.1 Å². The fraction of sp³-hybridized carbons (Fsp3) is 0.222. The molecule has 0 saturated carbocycles. The second-order valence-electron chi connectivity index (χ2n) is 5.51. The van der Waals surface area contributed by atoms with Crippen LogP contribution in [0.3, 0.4) is 0 Å². The zero-order valence-corrected chi connectivity index (χ0v) is 18.3. The van der Waals surface area contributed by atoms with Gasteiger partial charge in [0, 0.05) is 30.2 Å². The fourth-order valence-corrected chi connectivity index (χ4v) is 2.70. The summed E-state index contributed by atoms with van der Waals surface area (Å²) in [5.74, 6) is 0.579. The molecule has 0 aromatic heterocycles. The summed E-state index contributed by atoms with van der Waals surface area (Å²) in [6.45, 7) is 0.626. The molecule has 0 spiro atoms. The molecule has 156 valence electrons. The van der Waals surface area contributed by atoms with Crippen LogP contribution in [0, 0.1) is 0 Å². The molecule has 0 atom stereocenters. The summed E-state index contributed by atoms with van der Waals surface area (Å²) in [5.41, 5.74) is 3.14. The molecule has 2 aromatic carbocycles. The predicted molar refractivity (Wildman–Crippen MR) is 118 cm³/mol. The summed E-state index contributed by atoms with van der Waals surface area (Å²) in [4.78, 5) is 21.1. The Balaban J connectivity index is 1.66. The lowest BCUT2D eigenvalue weighted by atomic mass is 10.3. The highest BCUT2D eigenvalue weighted by Gasteiger charge is 2.08. The van der Waals surface area contributed by atoms with Crippen molar-refractivity contribution in [3.63, 3.8) is 0 Å². The summed E-state index contributed by atoms with van der Waals surface area (Å²) >= 11 is 23.6. The summed E-state index contributed by atoms with van der Waals surface area (Å²) in [6.07, 6.45) is 0.539. The molecule has 0 aliphatic rings. The van der Waals surface area contributed by atoms with Crippen LogP contribution >= 0.6 is 46.4 Å². The minimum absolute atomic E-state index is 0.143. The van der Waals surface area contributed by atoms with Crippen molar-refractivity contribution in [2.75, 3.05) is 25.6 Å². The largest absolute Gasteiger partial charge is 0.492 e. The number of guanidine groups is 1. The minimum Gasteiger partial charge on any atom is -0.492 e. The molecule has 0 aliphatic carbocycles. The number of halogens is 4. The van der Waals surface area contributed by atoms with Gasteiger partial charge in [-0.25, -0.2) is 10.3 Å². The Labute approximate surface area is 188 Å². The average molecular weight is 480 g/mol. The van der Waals surface area contributed by atoms with E-state index in [9.17, 15) is 4.79 Å². The maximum Gasteiger partial charge on any atom is 0.326 e. The van der Waals surface area contributed by atoms with E-state index < -0.39 is 6.03 Å². The number of nitrogens with zero attached hydrogens (tertiary/aromatic N) is 1. The van der Waals surface area contributed by atoms with E-state index in [4.69, 9.17) is 56.0 Å². The highest BCUT2D eigenvalue weighted by molar-refractivity contribution is 6.43. The van der Waals surface area contributed by atoms with Gasteiger partial charge in [-0.15, -0.1) is 0 Å². The molecule has 7 nitrogen and oxygen atoms in total. The van der Waals surface area contributed by atoms with Crippen LogP contribution in [0.1, 0.15) is 6.42 Å². The van der Waals surface area contributed by atoms with Gasteiger partial charge in [-0.2, -0.15) is 0 Å². The van der Waals surface area contributed by atoms with Crippen molar-refractivity contribution in [1.29, 1.82) is 0 Å². The highest BCUT2D eigenvalue weighted by Crippen LogP contribution is 2.33. The van der Waals surface area contributed by atoms with E-state index in [0.29, 0.717) is 51.2 Å². The van der Waals surface area contributed by atoms with Crippen molar-refractivity contribution in [1.82, 2.24) is 10.8 Å². The molecule has 0 saturated heterocycles. The van der Waals surface area contributed by atoms with Crippen LogP contribution in [0.2, 0.25) is 20.1 Å². The first kappa shape index (κ1) is 23.4. The molecule has 0 bridgehead atoms. The van der Waals surface area contributed by atoms with Crippen molar-refractivity contribution < 1.29 is 14.4 Å². The highest BCUT2D eigenvalue weighted by atomic mass is 35.5. The second-order valence-corrected chi connectivity index (χ2v) is 7.17. The Kier molecular flexibility index (Phi) is 9.63. The van der Waals surface area contributed by atoms with Crippen LogP contribution in [-0.4, -0.2) is 32.3 Å². The molecule has 0 fully saturated rings. The number of amides is 2.